The zero-order chi connectivity index (χ0) is 11.1. The second-order valence-electron chi connectivity index (χ2n) is 3.94. The van der Waals surface area contributed by atoms with E-state index < -0.39 is 0 Å². The van der Waals surface area contributed by atoms with Crippen molar-refractivity contribution in [2.75, 3.05) is 19.0 Å². The number of anilines is 1. The molecule has 0 aliphatic rings. The van der Waals surface area contributed by atoms with Crippen molar-refractivity contribution in [2.24, 2.45) is 0 Å². The van der Waals surface area contributed by atoms with Crippen molar-refractivity contribution >= 4 is 5.95 Å². The molecule has 4 nitrogen and oxygen atoms in total. The van der Waals surface area contributed by atoms with E-state index in [1.54, 1.807) is 7.11 Å². The molecular formula is C11H21N3O. The molecule has 0 unspecified atom stereocenters. The zero-order valence-electron chi connectivity index (χ0n) is 9.86. The second-order valence-corrected chi connectivity index (χ2v) is 3.94. The maximum atomic E-state index is 5.02. The van der Waals surface area contributed by atoms with Crippen LogP contribution < -0.4 is 5.32 Å². The average molecular weight is 211 g/mol. The summed E-state index contributed by atoms with van der Waals surface area (Å²) in [7, 11) is 1.74. The van der Waals surface area contributed by atoms with E-state index in [1.807, 2.05) is 12.4 Å². The lowest BCUT2D eigenvalue weighted by Gasteiger charge is -2.11. The Kier molecular flexibility index (Phi) is 5.18. The number of nitrogens with one attached hydrogen (secondary N) is 1. The topological polar surface area (TPSA) is 39.1 Å². The van der Waals surface area contributed by atoms with Crippen LogP contribution in [0.1, 0.15) is 26.7 Å². The van der Waals surface area contributed by atoms with E-state index in [0.717, 1.165) is 31.9 Å². The van der Waals surface area contributed by atoms with Gasteiger partial charge in [0.25, 0.3) is 0 Å². The van der Waals surface area contributed by atoms with Crippen molar-refractivity contribution in [3.8, 4) is 0 Å². The van der Waals surface area contributed by atoms with E-state index in [2.05, 4.69) is 28.7 Å². The standard InChI is InChI=1S/C11H21N3O/c1-10(2)13-11-12-6-8-14(11)7-4-5-9-15-3/h6,8,10H,4-5,7,9H2,1-3H3,(H,12,13). The Morgan fingerprint density at radius 3 is 2.93 bits per heavy atom. The third-order valence-corrected chi connectivity index (χ3v) is 2.13. The number of rotatable bonds is 7. The number of methoxy groups -OCH3 is 1. The highest BCUT2D eigenvalue weighted by Gasteiger charge is 2.02. The summed E-state index contributed by atoms with van der Waals surface area (Å²) in [6.07, 6.45) is 6.06. The van der Waals surface area contributed by atoms with Crippen LogP contribution in [-0.4, -0.2) is 29.3 Å². The zero-order valence-corrected chi connectivity index (χ0v) is 9.86. The first-order valence-electron chi connectivity index (χ1n) is 5.50. The predicted molar refractivity (Wildman–Crippen MR) is 62.1 cm³/mol. The van der Waals surface area contributed by atoms with Gasteiger partial charge in [-0.05, 0) is 26.7 Å². The van der Waals surface area contributed by atoms with Crippen LogP contribution in [0.2, 0.25) is 0 Å². The van der Waals surface area contributed by atoms with Gasteiger partial charge in [0.1, 0.15) is 0 Å². The van der Waals surface area contributed by atoms with E-state index in [0.29, 0.717) is 6.04 Å². The normalized spacial score (nSPS) is 10.9. The average Bonchev–Trinajstić information content (AvgIpc) is 2.59. The van der Waals surface area contributed by atoms with Gasteiger partial charge in [-0.25, -0.2) is 4.98 Å². The first kappa shape index (κ1) is 12.0. The lowest BCUT2D eigenvalue weighted by atomic mass is 10.3. The van der Waals surface area contributed by atoms with Gasteiger partial charge >= 0.3 is 0 Å². The van der Waals surface area contributed by atoms with E-state index >= 15 is 0 Å². The Morgan fingerprint density at radius 1 is 1.47 bits per heavy atom. The van der Waals surface area contributed by atoms with Crippen molar-refractivity contribution in [1.82, 2.24) is 9.55 Å². The summed E-state index contributed by atoms with van der Waals surface area (Å²) < 4.78 is 7.16. The highest BCUT2D eigenvalue weighted by Crippen LogP contribution is 2.07. The Balaban J connectivity index is 2.36. The number of hydrogen-bond acceptors (Lipinski definition) is 3. The number of hydrogen-bond donors (Lipinski definition) is 1. The van der Waals surface area contributed by atoms with E-state index in [9.17, 15) is 0 Å². The number of unbranched alkanes of at least 4 members (excludes halogenated alkanes) is 1. The molecule has 0 saturated carbocycles. The molecule has 15 heavy (non-hydrogen) atoms. The van der Waals surface area contributed by atoms with Crippen LogP contribution >= 0.6 is 0 Å². The van der Waals surface area contributed by atoms with Crippen molar-refractivity contribution in [3.63, 3.8) is 0 Å². The number of ether oxygens (including phenoxy) is 1. The van der Waals surface area contributed by atoms with Crippen LogP contribution in [0.25, 0.3) is 0 Å². The molecule has 4 heteroatoms. The number of aromatic nitrogens is 2. The summed E-state index contributed by atoms with van der Waals surface area (Å²) in [6, 6.07) is 0.421. The highest BCUT2D eigenvalue weighted by molar-refractivity contribution is 5.26. The van der Waals surface area contributed by atoms with Gasteiger partial charge in [-0.3, -0.25) is 0 Å². The molecule has 1 rings (SSSR count). The number of nitrogens with zero attached hydrogens (tertiary/aromatic N) is 2. The Labute approximate surface area is 91.7 Å². The highest BCUT2D eigenvalue weighted by atomic mass is 16.5. The van der Waals surface area contributed by atoms with Crippen LogP contribution in [-0.2, 0) is 11.3 Å². The third-order valence-electron chi connectivity index (χ3n) is 2.13. The molecule has 0 amide bonds. The van der Waals surface area contributed by atoms with Gasteiger partial charge in [0.05, 0.1) is 0 Å². The molecule has 0 aromatic carbocycles. The summed E-state index contributed by atoms with van der Waals surface area (Å²) in [5.74, 6) is 0.961. The monoisotopic (exact) mass is 211 g/mol. The van der Waals surface area contributed by atoms with Gasteiger partial charge < -0.3 is 14.6 Å². The van der Waals surface area contributed by atoms with E-state index in [4.69, 9.17) is 4.74 Å². The van der Waals surface area contributed by atoms with Gasteiger partial charge in [0.2, 0.25) is 5.95 Å². The van der Waals surface area contributed by atoms with Crippen molar-refractivity contribution in [2.45, 2.75) is 39.3 Å². The lowest BCUT2D eigenvalue weighted by Crippen LogP contribution is -2.14. The minimum absolute atomic E-state index is 0.421. The first-order chi connectivity index (χ1) is 7.24. The second kappa shape index (κ2) is 6.45. The van der Waals surface area contributed by atoms with Crippen LogP contribution in [0.4, 0.5) is 5.95 Å². The quantitative estimate of drug-likeness (QED) is 0.702. The lowest BCUT2D eigenvalue weighted by molar-refractivity contribution is 0.191. The SMILES string of the molecule is COCCCCn1ccnc1NC(C)C. The summed E-state index contributed by atoms with van der Waals surface area (Å²) >= 11 is 0. The van der Waals surface area contributed by atoms with Gasteiger partial charge in [-0.2, -0.15) is 0 Å². The van der Waals surface area contributed by atoms with Crippen LogP contribution in [0.15, 0.2) is 12.4 Å². The molecule has 1 aromatic heterocycles. The largest absolute Gasteiger partial charge is 0.385 e. The fourth-order valence-corrected chi connectivity index (χ4v) is 1.42. The molecule has 0 aliphatic heterocycles. The summed E-state index contributed by atoms with van der Waals surface area (Å²) in [4.78, 5) is 4.28. The third kappa shape index (κ3) is 4.34. The minimum Gasteiger partial charge on any atom is -0.385 e. The molecule has 0 aliphatic carbocycles. The molecule has 0 atom stereocenters. The van der Waals surface area contributed by atoms with Crippen molar-refractivity contribution in [1.29, 1.82) is 0 Å². The van der Waals surface area contributed by atoms with Crippen LogP contribution in [0.3, 0.4) is 0 Å². The summed E-state index contributed by atoms with van der Waals surface area (Å²) in [6.45, 7) is 6.06. The van der Waals surface area contributed by atoms with Gasteiger partial charge in [-0.1, -0.05) is 0 Å². The van der Waals surface area contributed by atoms with E-state index in [-0.39, 0.29) is 0 Å². The van der Waals surface area contributed by atoms with Crippen molar-refractivity contribution < 1.29 is 4.74 Å². The predicted octanol–water partition coefficient (Wildman–Crippen LogP) is 2.13. The molecule has 0 saturated heterocycles. The number of aryl methyl sites for hydroxylation is 1. The fourth-order valence-electron chi connectivity index (χ4n) is 1.42. The van der Waals surface area contributed by atoms with Gasteiger partial charge in [0, 0.05) is 38.7 Å². The molecule has 0 radical (unpaired) electrons. The Morgan fingerprint density at radius 2 is 2.27 bits per heavy atom. The minimum atomic E-state index is 0.421. The Hall–Kier alpha value is -1.03. The summed E-state index contributed by atoms with van der Waals surface area (Å²) in [5.41, 5.74) is 0. The molecule has 0 spiro atoms. The first-order valence-corrected chi connectivity index (χ1v) is 5.50. The van der Waals surface area contributed by atoms with Crippen molar-refractivity contribution in [3.05, 3.63) is 12.4 Å². The van der Waals surface area contributed by atoms with Gasteiger partial charge in [-0.15, -0.1) is 0 Å². The van der Waals surface area contributed by atoms with Crippen LogP contribution in [0.5, 0.6) is 0 Å². The molecule has 0 bridgehead atoms. The smallest absolute Gasteiger partial charge is 0.202 e. The molecule has 1 N–H and O–H groups in total. The molecule has 1 aromatic rings. The summed E-state index contributed by atoms with van der Waals surface area (Å²) in [5, 5.41) is 3.31. The van der Waals surface area contributed by atoms with Gasteiger partial charge in [0.15, 0.2) is 0 Å². The molecule has 86 valence electrons. The molecule has 1 heterocycles. The molecular weight excluding hydrogens is 190 g/mol. The fraction of sp³-hybridized carbons (Fsp3) is 0.727. The number of imidazole rings is 1. The Bertz CT molecular complexity index is 271. The van der Waals surface area contributed by atoms with E-state index in [1.165, 1.54) is 0 Å². The maximum absolute atomic E-state index is 5.02. The maximum Gasteiger partial charge on any atom is 0.202 e. The van der Waals surface area contributed by atoms with Crippen LogP contribution in [0, 0.1) is 0 Å². The molecule has 0 fully saturated rings.